The predicted octanol–water partition coefficient (Wildman–Crippen LogP) is 2.67. The van der Waals surface area contributed by atoms with Gasteiger partial charge in [-0.25, -0.2) is 4.98 Å². The number of hydrogen-bond acceptors (Lipinski definition) is 4. The molecule has 0 aliphatic carbocycles. The van der Waals surface area contributed by atoms with Crippen LogP contribution in [0.5, 0.6) is 0 Å². The average Bonchev–Trinajstić information content (AvgIpc) is 2.53. The second kappa shape index (κ2) is 5.71. The van der Waals surface area contributed by atoms with Crippen LogP contribution in [0, 0.1) is 17.2 Å². The average molecular weight is 280 g/mol. The lowest BCUT2D eigenvalue weighted by Crippen LogP contribution is -2.40. The summed E-state index contributed by atoms with van der Waals surface area (Å²) in [6.07, 6.45) is 2.13. The Hall–Kier alpha value is -2.12. The summed E-state index contributed by atoms with van der Waals surface area (Å²) in [4.78, 5) is 6.94. The lowest BCUT2D eigenvalue weighted by atomic mass is 9.91. The summed E-state index contributed by atoms with van der Waals surface area (Å²) in [7, 11) is 0. The Morgan fingerprint density at radius 3 is 2.71 bits per heavy atom. The Bertz CT molecular complexity index is 679. The van der Waals surface area contributed by atoms with Crippen molar-refractivity contribution in [2.24, 2.45) is 11.7 Å². The molecule has 4 nitrogen and oxygen atoms in total. The number of anilines is 1. The summed E-state index contributed by atoms with van der Waals surface area (Å²) >= 11 is 0. The maximum atomic E-state index is 9.41. The molecule has 4 heteroatoms. The highest BCUT2D eigenvalue weighted by molar-refractivity contribution is 5.83. The molecule has 2 N–H and O–H groups in total. The van der Waals surface area contributed by atoms with Crippen molar-refractivity contribution in [3.05, 3.63) is 35.9 Å². The van der Waals surface area contributed by atoms with E-state index in [-0.39, 0.29) is 6.04 Å². The van der Waals surface area contributed by atoms with Gasteiger partial charge in [0.15, 0.2) is 0 Å². The van der Waals surface area contributed by atoms with Crippen molar-refractivity contribution in [3.8, 4) is 6.07 Å². The van der Waals surface area contributed by atoms with Crippen LogP contribution >= 0.6 is 0 Å². The third-order valence-corrected chi connectivity index (χ3v) is 4.41. The van der Waals surface area contributed by atoms with Gasteiger partial charge in [-0.15, -0.1) is 0 Å². The van der Waals surface area contributed by atoms with Crippen LogP contribution in [0.25, 0.3) is 10.9 Å². The van der Waals surface area contributed by atoms with Crippen LogP contribution in [0.1, 0.15) is 25.3 Å². The minimum Gasteiger partial charge on any atom is -0.355 e. The zero-order chi connectivity index (χ0) is 14.8. The Morgan fingerprint density at radius 2 is 2.05 bits per heavy atom. The van der Waals surface area contributed by atoms with E-state index in [0.717, 1.165) is 42.7 Å². The molecule has 0 saturated carbocycles. The second-order valence-corrected chi connectivity index (χ2v) is 5.85. The van der Waals surface area contributed by atoms with E-state index in [9.17, 15) is 5.26 Å². The van der Waals surface area contributed by atoms with E-state index in [1.165, 1.54) is 0 Å². The zero-order valence-corrected chi connectivity index (χ0v) is 12.3. The quantitative estimate of drug-likeness (QED) is 0.918. The topological polar surface area (TPSA) is 65.9 Å². The molecule has 0 spiro atoms. The van der Waals surface area contributed by atoms with E-state index in [0.29, 0.717) is 11.5 Å². The van der Waals surface area contributed by atoms with E-state index in [2.05, 4.69) is 17.9 Å². The lowest BCUT2D eigenvalue weighted by Gasteiger charge is -2.34. The lowest BCUT2D eigenvalue weighted by molar-refractivity contribution is 0.353. The first kappa shape index (κ1) is 13.8. The van der Waals surface area contributed by atoms with Gasteiger partial charge in [0, 0.05) is 24.5 Å². The molecule has 3 rings (SSSR count). The zero-order valence-electron chi connectivity index (χ0n) is 12.3. The smallest absolute Gasteiger partial charge is 0.147 e. The minimum atomic E-state index is 0.243. The van der Waals surface area contributed by atoms with Gasteiger partial charge < -0.3 is 10.6 Å². The molecule has 1 aromatic heterocycles. The van der Waals surface area contributed by atoms with Crippen molar-refractivity contribution in [3.63, 3.8) is 0 Å². The van der Waals surface area contributed by atoms with Crippen LogP contribution in [-0.2, 0) is 0 Å². The number of aromatic nitrogens is 1. The Kier molecular flexibility index (Phi) is 3.76. The third-order valence-electron chi connectivity index (χ3n) is 4.41. The first-order chi connectivity index (χ1) is 10.2. The Labute approximate surface area is 125 Å². The Balaban J connectivity index is 1.92. The molecule has 2 aromatic rings. The molecule has 0 bridgehead atoms. The molecule has 0 amide bonds. The van der Waals surface area contributed by atoms with Crippen LogP contribution in [0.15, 0.2) is 30.3 Å². The highest BCUT2D eigenvalue weighted by atomic mass is 15.2. The number of piperidine rings is 1. The second-order valence-electron chi connectivity index (χ2n) is 5.85. The van der Waals surface area contributed by atoms with Crippen molar-refractivity contribution >= 4 is 16.7 Å². The number of nitrogens with two attached hydrogens (primary N) is 1. The fourth-order valence-electron chi connectivity index (χ4n) is 3.07. The van der Waals surface area contributed by atoms with Gasteiger partial charge in [0.2, 0.25) is 0 Å². The highest BCUT2D eigenvalue weighted by Crippen LogP contribution is 2.28. The summed E-state index contributed by atoms with van der Waals surface area (Å²) in [5, 5.41) is 10.4. The van der Waals surface area contributed by atoms with Crippen LogP contribution in [0.3, 0.4) is 0 Å². The van der Waals surface area contributed by atoms with Crippen LogP contribution in [-0.4, -0.2) is 24.1 Å². The first-order valence-electron chi connectivity index (χ1n) is 7.49. The number of nitriles is 1. The minimum absolute atomic E-state index is 0.243. The molecule has 2 heterocycles. The first-order valence-corrected chi connectivity index (χ1v) is 7.49. The highest BCUT2D eigenvalue weighted by Gasteiger charge is 2.24. The molecule has 1 atom stereocenters. The number of rotatable bonds is 2. The SMILES string of the molecule is CC(N)C1CCN(c2nc3ccccc3cc2C#N)CC1. The normalized spacial score (nSPS) is 17.7. The number of pyridine rings is 1. The van der Waals surface area contributed by atoms with Gasteiger partial charge in [-0.05, 0) is 37.8 Å². The van der Waals surface area contributed by atoms with Crippen LogP contribution < -0.4 is 10.6 Å². The third kappa shape index (κ3) is 2.70. The monoisotopic (exact) mass is 280 g/mol. The van der Waals surface area contributed by atoms with Crippen molar-refractivity contribution < 1.29 is 0 Å². The van der Waals surface area contributed by atoms with E-state index in [1.807, 2.05) is 30.3 Å². The maximum absolute atomic E-state index is 9.41. The van der Waals surface area contributed by atoms with Gasteiger partial charge in [-0.2, -0.15) is 5.26 Å². The fraction of sp³-hybridized carbons (Fsp3) is 0.412. The van der Waals surface area contributed by atoms with E-state index < -0.39 is 0 Å². The molecule has 1 aliphatic heterocycles. The molecule has 1 aliphatic rings. The maximum Gasteiger partial charge on any atom is 0.147 e. The summed E-state index contributed by atoms with van der Waals surface area (Å²) in [5.74, 6) is 1.39. The summed E-state index contributed by atoms with van der Waals surface area (Å²) < 4.78 is 0. The molecule has 1 fully saturated rings. The Morgan fingerprint density at radius 1 is 1.33 bits per heavy atom. The molecule has 1 aromatic carbocycles. The number of benzene rings is 1. The molecule has 108 valence electrons. The van der Waals surface area contributed by atoms with Gasteiger partial charge in [0.1, 0.15) is 11.9 Å². The van der Waals surface area contributed by atoms with Crippen LogP contribution in [0.4, 0.5) is 5.82 Å². The number of hydrogen-bond donors (Lipinski definition) is 1. The molecule has 21 heavy (non-hydrogen) atoms. The number of para-hydroxylation sites is 1. The predicted molar refractivity (Wildman–Crippen MR) is 85.0 cm³/mol. The summed E-state index contributed by atoms with van der Waals surface area (Å²) in [5.41, 5.74) is 7.60. The molecule has 1 saturated heterocycles. The van der Waals surface area contributed by atoms with Gasteiger partial charge >= 0.3 is 0 Å². The van der Waals surface area contributed by atoms with Gasteiger partial charge in [-0.3, -0.25) is 0 Å². The van der Waals surface area contributed by atoms with Gasteiger partial charge in [0.05, 0.1) is 11.1 Å². The summed E-state index contributed by atoms with van der Waals surface area (Å²) in [6.45, 7) is 3.92. The van der Waals surface area contributed by atoms with E-state index in [1.54, 1.807) is 0 Å². The number of nitrogens with zero attached hydrogens (tertiary/aromatic N) is 3. The molecular formula is C17H20N4. The van der Waals surface area contributed by atoms with E-state index >= 15 is 0 Å². The van der Waals surface area contributed by atoms with E-state index in [4.69, 9.17) is 10.7 Å². The molecular weight excluding hydrogens is 260 g/mol. The van der Waals surface area contributed by atoms with Crippen molar-refractivity contribution in [2.75, 3.05) is 18.0 Å². The molecule has 0 radical (unpaired) electrons. The van der Waals surface area contributed by atoms with Gasteiger partial charge in [-0.1, -0.05) is 18.2 Å². The largest absolute Gasteiger partial charge is 0.355 e. The van der Waals surface area contributed by atoms with Crippen molar-refractivity contribution in [1.82, 2.24) is 4.98 Å². The fourth-order valence-corrected chi connectivity index (χ4v) is 3.07. The van der Waals surface area contributed by atoms with Crippen LogP contribution in [0.2, 0.25) is 0 Å². The number of fused-ring (bicyclic) bond motifs is 1. The standard InChI is InChI=1S/C17H20N4/c1-12(19)13-6-8-21(9-7-13)17-15(11-18)10-14-4-2-3-5-16(14)20-17/h2-5,10,12-13H,6-9,19H2,1H3. The van der Waals surface area contributed by atoms with Crippen molar-refractivity contribution in [1.29, 1.82) is 5.26 Å². The van der Waals surface area contributed by atoms with Gasteiger partial charge in [0.25, 0.3) is 0 Å². The molecule has 1 unspecified atom stereocenters. The van der Waals surface area contributed by atoms with Crippen molar-refractivity contribution in [2.45, 2.75) is 25.8 Å². The summed E-state index contributed by atoms with van der Waals surface area (Å²) in [6, 6.07) is 12.4.